The van der Waals surface area contributed by atoms with E-state index < -0.39 is 0 Å². The van der Waals surface area contributed by atoms with E-state index in [1.54, 1.807) is 24.0 Å². The molecule has 1 aromatic heterocycles. The van der Waals surface area contributed by atoms with Gasteiger partial charge in [0, 0.05) is 53.8 Å². The average molecular weight is 449 g/mol. The third kappa shape index (κ3) is 3.51. The lowest BCUT2D eigenvalue weighted by molar-refractivity contribution is -0.523. The molecule has 1 aromatic carbocycles. The lowest BCUT2D eigenvalue weighted by atomic mass is 9.78. The number of urea groups is 1. The van der Waals surface area contributed by atoms with Gasteiger partial charge in [0.25, 0.3) is 0 Å². The van der Waals surface area contributed by atoms with Crippen molar-refractivity contribution in [2.24, 2.45) is 5.41 Å². The molecule has 0 saturated carbocycles. The van der Waals surface area contributed by atoms with Crippen molar-refractivity contribution in [1.29, 1.82) is 5.26 Å². The third-order valence-corrected chi connectivity index (χ3v) is 7.05. The van der Waals surface area contributed by atoms with E-state index in [1.807, 2.05) is 31.2 Å². The molecule has 1 atom stereocenters. The Hall–Kier alpha value is -3.35. The van der Waals surface area contributed by atoms with Crippen LogP contribution in [0.5, 0.6) is 0 Å². The second-order valence-electron chi connectivity index (χ2n) is 8.64. The fourth-order valence-electron chi connectivity index (χ4n) is 4.28. The lowest BCUT2D eigenvalue weighted by Gasteiger charge is -2.54. The number of thiazole rings is 1. The number of hydrogen-bond donors (Lipinski definition) is 1. The van der Waals surface area contributed by atoms with Crippen LogP contribution < -0.4 is 5.32 Å². The summed E-state index contributed by atoms with van der Waals surface area (Å²) in [7, 11) is 0. The van der Waals surface area contributed by atoms with Crippen LogP contribution in [0.15, 0.2) is 42.1 Å². The van der Waals surface area contributed by atoms with Gasteiger partial charge in [0.05, 0.1) is 40.8 Å². The van der Waals surface area contributed by atoms with Crippen LogP contribution in [0.2, 0.25) is 0 Å². The highest BCUT2D eigenvalue weighted by atomic mass is 32.1. The van der Waals surface area contributed by atoms with Gasteiger partial charge in [0.15, 0.2) is 5.13 Å². The largest absolute Gasteiger partial charge is 0.380 e. The first-order valence-corrected chi connectivity index (χ1v) is 11.2. The fraction of sp³-hybridized carbons (Fsp3) is 0.348. The number of benzene rings is 1. The molecule has 0 radical (unpaired) electrons. The molecule has 1 spiro atoms. The van der Waals surface area contributed by atoms with Gasteiger partial charge < -0.3 is 9.64 Å². The van der Waals surface area contributed by atoms with Crippen molar-refractivity contribution >= 4 is 28.1 Å². The zero-order valence-corrected chi connectivity index (χ0v) is 18.6. The number of carbonyl (C=O) groups is 1. The summed E-state index contributed by atoms with van der Waals surface area (Å²) in [6.45, 7) is 6.43. The van der Waals surface area contributed by atoms with Crippen molar-refractivity contribution in [2.45, 2.75) is 19.9 Å². The van der Waals surface area contributed by atoms with Gasteiger partial charge >= 0.3 is 6.03 Å². The predicted octanol–water partition coefficient (Wildman–Crippen LogP) is 4.01. The third-order valence-electron chi connectivity index (χ3n) is 6.03. The van der Waals surface area contributed by atoms with Crippen molar-refractivity contribution in [3.05, 3.63) is 57.5 Å². The van der Waals surface area contributed by atoms with E-state index in [0.29, 0.717) is 48.4 Å². The maximum Gasteiger partial charge on any atom is 0.323 e. The second-order valence-corrected chi connectivity index (χ2v) is 9.64. The Balaban J connectivity index is 1.48. The summed E-state index contributed by atoms with van der Waals surface area (Å²) in [5, 5.41) is 12.7. The van der Waals surface area contributed by atoms with Crippen molar-refractivity contribution < 1.29 is 14.3 Å². The molecule has 2 amide bonds. The summed E-state index contributed by atoms with van der Waals surface area (Å²) in [5.41, 5.74) is 3.63. The molecule has 2 aromatic rings. The van der Waals surface area contributed by atoms with Crippen LogP contribution >= 0.6 is 11.3 Å². The zero-order chi connectivity index (χ0) is 22.5. The molecule has 1 unspecified atom stereocenters. The molecular weight excluding hydrogens is 426 g/mol. The Labute approximate surface area is 189 Å². The molecule has 2 fully saturated rings. The van der Waals surface area contributed by atoms with E-state index in [4.69, 9.17) is 9.72 Å². The molecule has 3 aliphatic rings. The van der Waals surface area contributed by atoms with Crippen LogP contribution in [-0.2, 0) is 4.74 Å². The quantitative estimate of drug-likeness (QED) is 0.716. The summed E-state index contributed by atoms with van der Waals surface area (Å²) in [6.07, 6.45) is 3.73. The number of likely N-dealkylation sites (tertiary alicyclic amines) is 1. The molecular formula is C23H22N5O3S+. The van der Waals surface area contributed by atoms with E-state index in [2.05, 4.69) is 11.4 Å². The highest BCUT2D eigenvalue weighted by Crippen LogP contribution is 2.40. The van der Waals surface area contributed by atoms with E-state index in [9.17, 15) is 15.0 Å². The molecule has 5 rings (SSSR count). The first kappa shape index (κ1) is 20.5. The Morgan fingerprint density at radius 2 is 2.19 bits per heavy atom. The molecule has 162 valence electrons. The van der Waals surface area contributed by atoms with E-state index in [1.165, 1.54) is 11.3 Å². The molecule has 8 nitrogen and oxygen atoms in total. The van der Waals surface area contributed by atoms with Gasteiger partial charge in [0.2, 0.25) is 11.7 Å². The molecule has 4 heterocycles. The smallest absolute Gasteiger partial charge is 0.323 e. The normalized spacial score (nSPS) is 21.2. The molecule has 0 aliphatic carbocycles. The number of nitroso groups, excluding NO2 is 1. The molecule has 1 N–H and O–H groups in total. The summed E-state index contributed by atoms with van der Waals surface area (Å²) in [4.78, 5) is 32.2. The standard InChI is InChI=1S/C23H21N5O3S/c1-14-6-18(7-15(2)28(14)30)20-19(17-5-3-4-16(8-17)9-24)25-21(32-20)26-22(29)27-10-23(11-27)12-31-13-23/h3-8,14H,10-13H2,1-2H3/p+1. The fourth-order valence-corrected chi connectivity index (χ4v) is 5.25. The van der Waals surface area contributed by atoms with E-state index in [-0.39, 0.29) is 17.5 Å². The number of nitrogens with zero attached hydrogens (tertiary/aromatic N) is 4. The Kier molecular flexibility index (Phi) is 4.92. The number of aromatic nitrogens is 1. The van der Waals surface area contributed by atoms with Crippen LogP contribution in [0, 0.1) is 21.7 Å². The topological polar surface area (TPSA) is 98.3 Å². The zero-order valence-electron chi connectivity index (χ0n) is 17.8. The first-order valence-electron chi connectivity index (χ1n) is 10.4. The Morgan fingerprint density at radius 3 is 2.84 bits per heavy atom. The lowest BCUT2D eigenvalue weighted by Crippen LogP contribution is -2.67. The van der Waals surface area contributed by atoms with Crippen molar-refractivity contribution in [2.75, 3.05) is 31.6 Å². The number of allylic oxidation sites excluding steroid dienone is 3. The van der Waals surface area contributed by atoms with Crippen LogP contribution in [0.1, 0.15) is 24.3 Å². The second kappa shape index (κ2) is 7.65. The maximum absolute atomic E-state index is 12.7. The maximum atomic E-state index is 12.7. The minimum Gasteiger partial charge on any atom is -0.380 e. The molecule has 2 saturated heterocycles. The number of nitriles is 1. The van der Waals surface area contributed by atoms with Crippen molar-refractivity contribution in [1.82, 2.24) is 9.88 Å². The van der Waals surface area contributed by atoms with Crippen molar-refractivity contribution in [3.63, 3.8) is 0 Å². The monoisotopic (exact) mass is 448 g/mol. The highest BCUT2D eigenvalue weighted by Gasteiger charge is 2.50. The van der Waals surface area contributed by atoms with Gasteiger partial charge in [-0.1, -0.05) is 23.5 Å². The Morgan fingerprint density at radius 1 is 1.41 bits per heavy atom. The molecule has 9 heteroatoms. The number of nitrogens with one attached hydrogen (secondary N) is 1. The van der Waals surface area contributed by atoms with Crippen LogP contribution in [0.4, 0.5) is 9.93 Å². The van der Waals surface area contributed by atoms with Crippen LogP contribution in [0.25, 0.3) is 16.8 Å². The van der Waals surface area contributed by atoms with Gasteiger partial charge in [-0.2, -0.15) is 5.26 Å². The molecule has 3 aliphatic heterocycles. The predicted molar refractivity (Wildman–Crippen MR) is 121 cm³/mol. The van der Waals surface area contributed by atoms with Crippen molar-refractivity contribution in [3.8, 4) is 17.3 Å². The first-order chi connectivity index (χ1) is 15.4. The van der Waals surface area contributed by atoms with Gasteiger partial charge in [-0.3, -0.25) is 5.32 Å². The van der Waals surface area contributed by atoms with Crippen LogP contribution in [-0.4, -0.2) is 53.0 Å². The summed E-state index contributed by atoms with van der Waals surface area (Å²) >= 11 is 1.37. The van der Waals surface area contributed by atoms with Crippen LogP contribution in [0.3, 0.4) is 0 Å². The number of amides is 2. The number of anilines is 1. The SMILES string of the molecule is CC1=CC(c2sc(NC(=O)N3CC4(COC4)C3)nc2-c2cccc(C#N)c2)=CC(C)[N+]1=O. The minimum atomic E-state index is -0.310. The highest BCUT2D eigenvalue weighted by molar-refractivity contribution is 7.17. The number of rotatable bonds is 3. The average Bonchev–Trinajstić information content (AvgIpc) is 3.13. The number of carbonyl (C=O) groups excluding carboxylic acids is 1. The van der Waals surface area contributed by atoms with E-state index in [0.717, 1.165) is 20.8 Å². The Bertz CT molecular complexity index is 1230. The van der Waals surface area contributed by atoms with E-state index >= 15 is 0 Å². The van der Waals surface area contributed by atoms with Gasteiger partial charge in [-0.15, -0.1) is 0 Å². The molecule has 0 bridgehead atoms. The molecule has 32 heavy (non-hydrogen) atoms. The van der Waals surface area contributed by atoms with Gasteiger partial charge in [-0.05, 0) is 18.2 Å². The van der Waals surface area contributed by atoms with Gasteiger partial charge in [-0.25, -0.2) is 9.78 Å². The van der Waals surface area contributed by atoms with Gasteiger partial charge in [0.1, 0.15) is 0 Å². The summed E-state index contributed by atoms with van der Waals surface area (Å²) in [5.74, 6) is 0. The minimum absolute atomic E-state index is 0.143. The summed E-state index contributed by atoms with van der Waals surface area (Å²) < 4.78 is 6.24. The number of ether oxygens (including phenoxy) is 1. The summed E-state index contributed by atoms with van der Waals surface area (Å²) in [6, 6.07) is 8.90. The number of hydrogen-bond acceptors (Lipinski definition) is 6.